The van der Waals surface area contributed by atoms with Crippen molar-refractivity contribution >= 4 is 86.6 Å². The van der Waals surface area contributed by atoms with Crippen LogP contribution in [0.2, 0.25) is 0 Å². The first-order valence-corrected chi connectivity index (χ1v) is 22.8. The number of thioether (sulfide) groups is 1. The molecule has 0 unspecified atom stereocenters. The minimum atomic E-state index is -1.10. The van der Waals surface area contributed by atoms with Gasteiger partial charge in [-0.15, -0.1) is 0 Å². The van der Waals surface area contributed by atoms with Crippen LogP contribution in [0.15, 0.2) is 12.2 Å². The number of unbranched alkanes of at least 4 members (excludes halogenated alkanes) is 2. The summed E-state index contributed by atoms with van der Waals surface area (Å²) in [6.45, 7) is 9.37. The highest BCUT2D eigenvalue weighted by Gasteiger charge is 2.38. The van der Waals surface area contributed by atoms with Crippen LogP contribution in [0.25, 0.3) is 0 Å². The van der Waals surface area contributed by atoms with Gasteiger partial charge >= 0.3 is 5.97 Å². The Bertz CT molecular complexity index is 1470. The van der Waals surface area contributed by atoms with Gasteiger partial charge in [0.15, 0.2) is 0 Å². The maximum Gasteiger partial charge on any atom is 0.326 e. The third-order valence-electron chi connectivity index (χ3n) is 8.66. The van der Waals surface area contributed by atoms with Crippen molar-refractivity contribution in [1.82, 2.24) is 36.4 Å². The molecule has 2 aliphatic heterocycles. The molecule has 0 aromatic rings. The van der Waals surface area contributed by atoms with Crippen LogP contribution in [0.1, 0.15) is 86.0 Å². The van der Waals surface area contributed by atoms with E-state index in [0.29, 0.717) is 37.9 Å². The van der Waals surface area contributed by atoms with Crippen molar-refractivity contribution in [3.63, 3.8) is 0 Å². The third kappa shape index (κ3) is 18.6. The van der Waals surface area contributed by atoms with Crippen molar-refractivity contribution < 1.29 is 48.3 Å². The van der Waals surface area contributed by atoms with Crippen LogP contribution >= 0.6 is 33.3 Å². The van der Waals surface area contributed by atoms with Gasteiger partial charge in [-0.05, 0) is 56.5 Å². The maximum absolute atomic E-state index is 13.6. The zero-order chi connectivity index (χ0) is 42.7. The van der Waals surface area contributed by atoms with Gasteiger partial charge in [0.25, 0.3) is 11.8 Å². The highest BCUT2D eigenvalue weighted by Crippen LogP contribution is 2.35. The lowest BCUT2D eigenvalue weighted by atomic mass is 10.0. The fourth-order valence-electron chi connectivity index (χ4n) is 5.85. The Hall–Kier alpha value is -3.78. The second-order valence-electron chi connectivity index (χ2n) is 15.2. The minimum Gasteiger partial charge on any atom is -0.480 e. The summed E-state index contributed by atoms with van der Waals surface area (Å²) in [5, 5.41) is 22.7. The molecule has 17 nitrogen and oxygen atoms in total. The summed E-state index contributed by atoms with van der Waals surface area (Å²) in [7, 11) is 2.87. The fraction of sp³-hybridized carbons (Fsp3) is 0.703. The summed E-state index contributed by atoms with van der Waals surface area (Å²) in [4.78, 5) is 116. The summed E-state index contributed by atoms with van der Waals surface area (Å²) >= 11 is 1.45. The van der Waals surface area contributed by atoms with E-state index in [2.05, 4.69) is 26.6 Å². The molecule has 320 valence electrons. The zero-order valence-corrected chi connectivity index (χ0v) is 36.1. The highest BCUT2D eigenvalue weighted by molar-refractivity contribution is 8.77. The van der Waals surface area contributed by atoms with Gasteiger partial charge in [0.05, 0.1) is 13.1 Å². The molecule has 1 fully saturated rings. The molecule has 0 aromatic heterocycles. The monoisotopic (exact) mass is 857 g/mol. The van der Waals surface area contributed by atoms with E-state index in [-0.39, 0.29) is 73.0 Å². The van der Waals surface area contributed by atoms with Crippen LogP contribution in [0, 0.1) is 5.92 Å². The molecule has 6 N–H and O–H groups in total. The van der Waals surface area contributed by atoms with E-state index in [9.17, 15) is 48.3 Å². The molecule has 8 amide bonds. The number of carbonyl (C=O) groups excluding carboxylic acids is 8. The van der Waals surface area contributed by atoms with Crippen molar-refractivity contribution in [2.24, 2.45) is 5.92 Å². The number of likely N-dealkylation sites (tertiary alicyclic amines) is 1. The van der Waals surface area contributed by atoms with Crippen molar-refractivity contribution in [3.05, 3.63) is 12.2 Å². The number of aliphatic carboxylic acids is 1. The van der Waals surface area contributed by atoms with Crippen LogP contribution in [0.4, 0.5) is 0 Å². The first-order valence-electron chi connectivity index (χ1n) is 19.1. The smallest absolute Gasteiger partial charge is 0.326 e. The summed E-state index contributed by atoms with van der Waals surface area (Å²) in [5.41, 5.74) is 0. The number of hydrogen-bond acceptors (Lipinski definition) is 12. The number of carboxylic acid groups (broad SMARTS) is 1. The van der Waals surface area contributed by atoms with Crippen LogP contribution in [0.3, 0.4) is 0 Å². The molecular formula is C37H59N7O10S3. The van der Waals surface area contributed by atoms with E-state index < -0.39 is 66.2 Å². The molecule has 0 spiro atoms. The summed E-state index contributed by atoms with van der Waals surface area (Å²) in [6.07, 6.45) is 7.33. The predicted molar refractivity (Wildman–Crippen MR) is 221 cm³/mol. The SMILES string of the molecule is CSCC[C@H](NC(=O)[C@H](CSSC(C)(C)C)NC(=O)CNC(=O)CCCCCN1C(=O)C=CC1=O)C(=O)NCC(=O)N[C@@H](CC(C)C)C(=O)N1CCC[C@H]1C(=O)O. The highest BCUT2D eigenvalue weighted by atomic mass is 33.1. The first-order chi connectivity index (χ1) is 26.8. The number of carboxylic acids is 1. The van der Waals surface area contributed by atoms with Crippen molar-refractivity contribution in [2.45, 2.75) is 115 Å². The van der Waals surface area contributed by atoms with Crippen LogP contribution in [-0.2, 0) is 43.2 Å². The molecule has 1 saturated heterocycles. The van der Waals surface area contributed by atoms with Crippen molar-refractivity contribution in [3.8, 4) is 0 Å². The summed E-state index contributed by atoms with van der Waals surface area (Å²) in [5.74, 6) is -4.60. The Morgan fingerprint density at radius 3 is 2.07 bits per heavy atom. The molecule has 20 heteroatoms. The van der Waals surface area contributed by atoms with E-state index in [1.54, 1.807) is 0 Å². The molecule has 2 aliphatic rings. The molecule has 2 heterocycles. The van der Waals surface area contributed by atoms with Crippen LogP contribution in [-0.4, -0.2) is 141 Å². The van der Waals surface area contributed by atoms with Gasteiger partial charge in [0.2, 0.25) is 35.4 Å². The molecule has 2 rings (SSSR count). The lowest BCUT2D eigenvalue weighted by molar-refractivity contribution is -0.149. The normalized spacial score (nSPS) is 16.9. The topological polar surface area (TPSA) is 240 Å². The quantitative estimate of drug-likeness (QED) is 0.0431. The van der Waals surface area contributed by atoms with Gasteiger partial charge in [0, 0.05) is 42.2 Å². The standard InChI is InChI=1S/C37H59N7O10S3/c1-23(2)19-25(35(52)43-17-10-11-27(43)36(53)54)40-30(47)21-39-33(50)24(15-18-55-6)42-34(51)26(22-56-57-37(3,4)5)41-29(46)20-38-28(45)12-8-7-9-16-44-31(48)13-14-32(44)49/h13-14,23-27H,7-12,15-22H2,1-6H3,(H,38,45)(H,39,50)(H,40,47)(H,41,46)(H,42,51)(H,53,54)/t24-,25-,26-,27-/m0/s1. The maximum atomic E-state index is 13.6. The molecule has 0 radical (unpaired) electrons. The number of hydrogen-bond donors (Lipinski definition) is 6. The number of rotatable bonds is 25. The molecule has 0 saturated carbocycles. The molecular weight excluding hydrogens is 799 g/mol. The number of imide groups is 1. The molecule has 4 atom stereocenters. The number of amides is 8. The predicted octanol–water partition coefficient (Wildman–Crippen LogP) is 1.21. The Morgan fingerprint density at radius 1 is 0.842 bits per heavy atom. The average molecular weight is 858 g/mol. The van der Waals surface area contributed by atoms with Gasteiger partial charge < -0.3 is 36.6 Å². The van der Waals surface area contributed by atoms with Gasteiger partial charge in [-0.2, -0.15) is 11.8 Å². The minimum absolute atomic E-state index is 0.00191. The largest absolute Gasteiger partial charge is 0.480 e. The Kier molecular flexibility index (Phi) is 21.5. The van der Waals surface area contributed by atoms with E-state index in [4.69, 9.17) is 0 Å². The Morgan fingerprint density at radius 2 is 1.47 bits per heavy atom. The van der Waals surface area contributed by atoms with Crippen LogP contribution < -0.4 is 26.6 Å². The van der Waals surface area contributed by atoms with Gasteiger partial charge in [-0.25, -0.2) is 4.79 Å². The molecule has 0 bridgehead atoms. The van der Waals surface area contributed by atoms with Crippen LogP contribution in [0.5, 0.6) is 0 Å². The van der Waals surface area contributed by atoms with E-state index in [0.717, 1.165) is 4.90 Å². The van der Waals surface area contributed by atoms with Gasteiger partial charge in [-0.3, -0.25) is 43.3 Å². The Labute approximate surface area is 346 Å². The molecule has 0 aliphatic carbocycles. The molecule has 57 heavy (non-hydrogen) atoms. The van der Waals surface area contributed by atoms with Gasteiger partial charge in [-0.1, -0.05) is 62.6 Å². The fourth-order valence-corrected chi connectivity index (χ4v) is 8.79. The number of nitrogens with zero attached hydrogens (tertiary/aromatic N) is 2. The van der Waals surface area contributed by atoms with E-state index in [1.165, 1.54) is 50.4 Å². The Balaban J connectivity index is 1.97. The van der Waals surface area contributed by atoms with Crippen molar-refractivity contribution in [1.29, 1.82) is 0 Å². The van der Waals surface area contributed by atoms with Crippen molar-refractivity contribution in [2.75, 3.05) is 43.9 Å². The second kappa shape index (κ2) is 24.9. The van der Waals surface area contributed by atoms with Gasteiger partial charge in [0.1, 0.15) is 24.2 Å². The number of carbonyl (C=O) groups is 9. The third-order valence-corrected chi connectivity index (χ3v) is 12.6. The first kappa shape index (κ1) is 49.4. The second-order valence-corrected chi connectivity index (χ2v) is 19.3. The molecule has 0 aromatic carbocycles. The average Bonchev–Trinajstić information content (AvgIpc) is 3.76. The number of nitrogens with one attached hydrogen (secondary N) is 5. The van der Waals surface area contributed by atoms with E-state index in [1.807, 2.05) is 40.9 Å². The zero-order valence-electron chi connectivity index (χ0n) is 33.7. The lowest BCUT2D eigenvalue weighted by Gasteiger charge is -2.28. The van der Waals surface area contributed by atoms with E-state index >= 15 is 0 Å². The lowest BCUT2D eigenvalue weighted by Crippen LogP contribution is -2.57. The summed E-state index contributed by atoms with van der Waals surface area (Å²) < 4.78 is -0.160. The summed E-state index contributed by atoms with van der Waals surface area (Å²) in [6, 6.07) is -4.08.